The Balaban J connectivity index is 1.75. The van der Waals surface area contributed by atoms with Crippen molar-refractivity contribution in [3.05, 3.63) is 54.0 Å². The molecule has 0 aliphatic carbocycles. The van der Waals surface area contributed by atoms with Crippen LogP contribution in [0.4, 0.5) is 5.82 Å². The maximum atomic E-state index is 10.6. The van der Waals surface area contributed by atoms with Crippen LogP contribution >= 0.6 is 0 Å². The van der Waals surface area contributed by atoms with Gasteiger partial charge in [0.05, 0.1) is 25.5 Å². The van der Waals surface area contributed by atoms with E-state index in [1.54, 1.807) is 4.68 Å². The number of ether oxygens (including phenoxy) is 1. The van der Waals surface area contributed by atoms with E-state index >= 15 is 0 Å². The second-order valence-electron chi connectivity index (χ2n) is 7.45. The van der Waals surface area contributed by atoms with Crippen molar-refractivity contribution in [3.8, 4) is 17.1 Å². The van der Waals surface area contributed by atoms with Crippen molar-refractivity contribution < 1.29 is 14.9 Å². The third kappa shape index (κ3) is 4.14. The summed E-state index contributed by atoms with van der Waals surface area (Å²) in [5, 5.41) is 24.8. The van der Waals surface area contributed by atoms with Crippen molar-refractivity contribution in [2.75, 3.05) is 37.8 Å². The number of aromatic nitrogens is 4. The van der Waals surface area contributed by atoms with E-state index in [0.29, 0.717) is 37.9 Å². The van der Waals surface area contributed by atoms with Crippen LogP contribution in [0.15, 0.2) is 42.6 Å². The van der Waals surface area contributed by atoms with Crippen LogP contribution in [0.25, 0.3) is 17.1 Å². The lowest BCUT2D eigenvalue weighted by molar-refractivity contribution is -0.00969. The molecule has 1 aliphatic rings. The van der Waals surface area contributed by atoms with Crippen LogP contribution in [-0.2, 0) is 10.3 Å². The van der Waals surface area contributed by atoms with Crippen LogP contribution in [0.3, 0.4) is 0 Å². The fourth-order valence-corrected chi connectivity index (χ4v) is 3.22. The van der Waals surface area contributed by atoms with Crippen molar-refractivity contribution in [2.45, 2.75) is 19.4 Å². The molecule has 152 valence electrons. The fourth-order valence-electron chi connectivity index (χ4n) is 3.22. The topological polar surface area (TPSA) is 96.5 Å². The summed E-state index contributed by atoms with van der Waals surface area (Å²) in [6.07, 6.45) is 1.83. The summed E-state index contributed by atoms with van der Waals surface area (Å²) < 4.78 is 7.09. The third-order valence-electron chi connectivity index (χ3n) is 4.96. The van der Waals surface area contributed by atoms with E-state index in [9.17, 15) is 10.2 Å². The van der Waals surface area contributed by atoms with E-state index in [1.165, 1.54) is 6.92 Å². The highest BCUT2D eigenvalue weighted by Gasteiger charge is 2.28. The van der Waals surface area contributed by atoms with Gasteiger partial charge in [-0.15, -0.1) is 0 Å². The molecule has 0 amide bonds. The fraction of sp³-hybridized carbons (Fsp3) is 0.381. The number of aliphatic hydroxyl groups is 2. The van der Waals surface area contributed by atoms with Crippen molar-refractivity contribution in [1.29, 1.82) is 0 Å². The average Bonchev–Trinajstić information content (AvgIpc) is 3.24. The Bertz CT molecular complexity index is 995. The van der Waals surface area contributed by atoms with Crippen LogP contribution in [-0.4, -0.2) is 62.9 Å². The molecule has 8 heteroatoms. The van der Waals surface area contributed by atoms with Gasteiger partial charge < -0.3 is 19.8 Å². The number of rotatable bonds is 5. The normalized spacial score (nSPS) is 16.6. The molecule has 3 heterocycles. The Labute approximate surface area is 169 Å². The molecule has 0 saturated carbocycles. The molecule has 1 aliphatic heterocycles. The minimum Gasteiger partial charge on any atom is -0.393 e. The second kappa shape index (κ2) is 7.90. The first-order valence-corrected chi connectivity index (χ1v) is 9.65. The van der Waals surface area contributed by atoms with Gasteiger partial charge in [-0.3, -0.25) is 0 Å². The molecule has 1 aromatic carbocycles. The number of aryl methyl sites for hydroxylation is 1. The molecule has 8 nitrogen and oxygen atoms in total. The van der Waals surface area contributed by atoms with Crippen molar-refractivity contribution >= 4 is 5.82 Å². The SMILES string of the molecule is Cc1cccc(-c2ccn(-c3cc(N4CCOCC4)nc(C(C)(O)CO)n3)n2)c1. The maximum Gasteiger partial charge on any atom is 0.166 e. The number of hydrogen-bond donors (Lipinski definition) is 2. The van der Waals surface area contributed by atoms with Gasteiger partial charge >= 0.3 is 0 Å². The summed E-state index contributed by atoms with van der Waals surface area (Å²) in [6, 6.07) is 11.9. The smallest absolute Gasteiger partial charge is 0.166 e. The second-order valence-corrected chi connectivity index (χ2v) is 7.45. The lowest BCUT2D eigenvalue weighted by atomic mass is 10.1. The van der Waals surface area contributed by atoms with Gasteiger partial charge in [0.2, 0.25) is 0 Å². The Morgan fingerprint density at radius 3 is 2.59 bits per heavy atom. The molecule has 0 spiro atoms. The van der Waals surface area contributed by atoms with E-state index in [4.69, 9.17) is 4.74 Å². The van der Waals surface area contributed by atoms with Gasteiger partial charge in [0.25, 0.3) is 0 Å². The number of aliphatic hydroxyl groups excluding tert-OH is 1. The number of morpholine rings is 1. The first-order chi connectivity index (χ1) is 14.0. The van der Waals surface area contributed by atoms with Gasteiger partial charge in [0.1, 0.15) is 11.4 Å². The zero-order chi connectivity index (χ0) is 20.4. The molecule has 2 N–H and O–H groups in total. The molecule has 1 fully saturated rings. The van der Waals surface area contributed by atoms with Crippen molar-refractivity contribution in [3.63, 3.8) is 0 Å². The quantitative estimate of drug-likeness (QED) is 0.678. The summed E-state index contributed by atoms with van der Waals surface area (Å²) in [5.41, 5.74) is 1.46. The molecular weight excluding hydrogens is 370 g/mol. The monoisotopic (exact) mass is 395 g/mol. The minimum atomic E-state index is -1.55. The first-order valence-electron chi connectivity index (χ1n) is 9.65. The number of nitrogens with zero attached hydrogens (tertiary/aromatic N) is 5. The summed E-state index contributed by atoms with van der Waals surface area (Å²) in [4.78, 5) is 11.1. The lowest BCUT2D eigenvalue weighted by Gasteiger charge is -2.29. The lowest BCUT2D eigenvalue weighted by Crippen LogP contribution is -2.38. The standard InChI is InChI=1S/C21H25N5O3/c1-15-4-3-5-16(12-15)17-6-7-26(24-17)19-13-18(25-8-10-29-11-9-25)22-20(23-19)21(2,28)14-27/h3-7,12-13,27-28H,8-11,14H2,1-2H3. The van der Waals surface area contributed by atoms with Gasteiger partial charge in [-0.25, -0.2) is 14.6 Å². The first kappa shape index (κ1) is 19.5. The van der Waals surface area contributed by atoms with Crippen LogP contribution in [0.2, 0.25) is 0 Å². The Morgan fingerprint density at radius 2 is 1.86 bits per heavy atom. The van der Waals surface area contributed by atoms with Gasteiger partial charge in [0.15, 0.2) is 11.6 Å². The van der Waals surface area contributed by atoms with E-state index in [0.717, 1.165) is 16.8 Å². The molecule has 4 rings (SSSR count). The molecule has 0 radical (unpaired) electrons. The van der Waals surface area contributed by atoms with Gasteiger partial charge in [-0.05, 0) is 26.0 Å². The van der Waals surface area contributed by atoms with Gasteiger partial charge in [0, 0.05) is 30.9 Å². The molecule has 29 heavy (non-hydrogen) atoms. The molecule has 0 bridgehead atoms. The van der Waals surface area contributed by atoms with Crippen molar-refractivity contribution in [1.82, 2.24) is 19.7 Å². The molecule has 2 aromatic heterocycles. The molecule has 3 aromatic rings. The molecular formula is C21H25N5O3. The highest BCUT2D eigenvalue weighted by atomic mass is 16.5. The molecule has 1 saturated heterocycles. The highest BCUT2D eigenvalue weighted by Crippen LogP contribution is 2.24. The zero-order valence-electron chi connectivity index (χ0n) is 16.6. The Morgan fingerprint density at radius 1 is 1.10 bits per heavy atom. The summed E-state index contributed by atoms with van der Waals surface area (Å²) in [6.45, 7) is 5.69. The number of hydrogen-bond acceptors (Lipinski definition) is 7. The molecule has 1 atom stereocenters. The van der Waals surface area contributed by atoms with Crippen LogP contribution in [0.1, 0.15) is 18.3 Å². The number of anilines is 1. The highest BCUT2D eigenvalue weighted by molar-refractivity contribution is 5.60. The van der Waals surface area contributed by atoms with E-state index in [1.807, 2.05) is 43.5 Å². The van der Waals surface area contributed by atoms with Crippen LogP contribution in [0, 0.1) is 6.92 Å². The third-order valence-corrected chi connectivity index (χ3v) is 4.96. The zero-order valence-corrected chi connectivity index (χ0v) is 16.6. The average molecular weight is 395 g/mol. The Hall–Kier alpha value is -2.81. The minimum absolute atomic E-state index is 0.159. The predicted octanol–water partition coefficient (Wildman–Crippen LogP) is 1.67. The largest absolute Gasteiger partial charge is 0.393 e. The van der Waals surface area contributed by atoms with E-state index < -0.39 is 12.2 Å². The van der Waals surface area contributed by atoms with Crippen molar-refractivity contribution in [2.24, 2.45) is 0 Å². The Kier molecular flexibility index (Phi) is 5.31. The maximum absolute atomic E-state index is 10.6. The van der Waals surface area contributed by atoms with Gasteiger partial charge in [-0.2, -0.15) is 5.10 Å². The van der Waals surface area contributed by atoms with E-state index in [-0.39, 0.29) is 5.82 Å². The van der Waals surface area contributed by atoms with E-state index in [2.05, 4.69) is 26.0 Å². The molecule has 1 unspecified atom stereocenters. The van der Waals surface area contributed by atoms with Gasteiger partial charge in [-0.1, -0.05) is 23.8 Å². The predicted molar refractivity (Wildman–Crippen MR) is 109 cm³/mol. The summed E-state index contributed by atoms with van der Waals surface area (Å²) >= 11 is 0. The van der Waals surface area contributed by atoms with Crippen LogP contribution in [0.5, 0.6) is 0 Å². The summed E-state index contributed by atoms with van der Waals surface area (Å²) in [5.74, 6) is 1.37. The summed E-state index contributed by atoms with van der Waals surface area (Å²) in [7, 11) is 0. The van der Waals surface area contributed by atoms with Crippen LogP contribution < -0.4 is 4.90 Å². The number of benzene rings is 1.